The van der Waals surface area contributed by atoms with Crippen LogP contribution < -0.4 is 4.90 Å². The Labute approximate surface area is 197 Å². The molecule has 0 aliphatic heterocycles. The summed E-state index contributed by atoms with van der Waals surface area (Å²) in [6.45, 7) is 0. The highest BCUT2D eigenvalue weighted by Gasteiger charge is 2.16. The molecule has 0 saturated carbocycles. The number of para-hydroxylation sites is 1. The lowest BCUT2D eigenvalue weighted by Crippen LogP contribution is -2.09. The minimum atomic E-state index is 0.904. The van der Waals surface area contributed by atoms with Crippen LogP contribution in [0, 0.1) is 0 Å². The quantitative estimate of drug-likeness (QED) is 0.275. The van der Waals surface area contributed by atoms with Gasteiger partial charge in [0.2, 0.25) is 0 Å². The molecule has 160 valence electrons. The Morgan fingerprint density at radius 3 is 1.94 bits per heavy atom. The molecule has 0 amide bonds. The molecule has 0 bridgehead atoms. The fraction of sp³-hybridized carbons (Fsp3) is 0. The number of furan rings is 1. The number of anilines is 3. The Balaban J connectivity index is 1.50. The number of hydrogen-bond donors (Lipinski definition) is 0. The third-order valence-electron chi connectivity index (χ3n) is 6.61. The molecule has 0 N–H and O–H groups in total. The monoisotopic (exact) mass is 435 g/mol. The van der Waals surface area contributed by atoms with Gasteiger partial charge < -0.3 is 9.32 Å². The predicted molar refractivity (Wildman–Crippen MR) is 143 cm³/mol. The molecule has 6 aromatic carbocycles. The van der Waals surface area contributed by atoms with E-state index in [0.717, 1.165) is 33.6 Å². The van der Waals surface area contributed by atoms with Gasteiger partial charge in [-0.3, -0.25) is 0 Å². The number of rotatable bonds is 3. The largest absolute Gasteiger partial charge is 0.456 e. The minimum Gasteiger partial charge on any atom is -0.456 e. The molecule has 1 heterocycles. The first-order valence-corrected chi connectivity index (χ1v) is 11.5. The Morgan fingerprint density at radius 1 is 0.412 bits per heavy atom. The van der Waals surface area contributed by atoms with Crippen LogP contribution in [-0.4, -0.2) is 0 Å². The van der Waals surface area contributed by atoms with Crippen LogP contribution in [0.2, 0.25) is 0 Å². The average Bonchev–Trinajstić information content (AvgIpc) is 3.28. The molecule has 2 nitrogen and oxygen atoms in total. The van der Waals surface area contributed by atoms with E-state index < -0.39 is 0 Å². The van der Waals surface area contributed by atoms with Crippen LogP contribution in [0.5, 0.6) is 0 Å². The summed E-state index contributed by atoms with van der Waals surface area (Å²) in [5.74, 6) is 0. The average molecular weight is 436 g/mol. The fourth-order valence-corrected chi connectivity index (χ4v) is 5.01. The highest BCUT2D eigenvalue weighted by atomic mass is 16.3. The maximum absolute atomic E-state index is 6.25. The van der Waals surface area contributed by atoms with E-state index in [9.17, 15) is 0 Å². The normalized spacial score (nSPS) is 11.5. The summed E-state index contributed by atoms with van der Waals surface area (Å²) in [7, 11) is 0. The molecule has 0 radical (unpaired) electrons. The summed E-state index contributed by atoms with van der Waals surface area (Å²) in [6.07, 6.45) is 0. The van der Waals surface area contributed by atoms with Gasteiger partial charge in [0, 0.05) is 27.8 Å². The SMILES string of the molecule is c1ccc(N(c2ccc3ccccc3c2)c2ccc3oc4ccc5ccccc5c4c3c2)cc1. The second kappa shape index (κ2) is 7.50. The second-order valence-electron chi connectivity index (χ2n) is 8.64. The highest BCUT2D eigenvalue weighted by molar-refractivity contribution is 6.19. The van der Waals surface area contributed by atoms with Crippen LogP contribution in [0.3, 0.4) is 0 Å². The molecular weight excluding hydrogens is 414 g/mol. The molecule has 1 aromatic heterocycles. The van der Waals surface area contributed by atoms with E-state index >= 15 is 0 Å². The second-order valence-corrected chi connectivity index (χ2v) is 8.64. The van der Waals surface area contributed by atoms with Crippen LogP contribution in [0.4, 0.5) is 17.1 Å². The summed E-state index contributed by atoms with van der Waals surface area (Å²) >= 11 is 0. The van der Waals surface area contributed by atoms with Crippen LogP contribution in [0.25, 0.3) is 43.5 Å². The topological polar surface area (TPSA) is 16.4 Å². The van der Waals surface area contributed by atoms with Gasteiger partial charge in [-0.15, -0.1) is 0 Å². The Hall–Kier alpha value is -4.56. The first-order chi connectivity index (χ1) is 16.8. The molecule has 0 saturated heterocycles. The van der Waals surface area contributed by atoms with Crippen molar-refractivity contribution in [1.82, 2.24) is 0 Å². The van der Waals surface area contributed by atoms with Crippen molar-refractivity contribution in [1.29, 1.82) is 0 Å². The molecule has 0 atom stereocenters. The third kappa shape index (κ3) is 2.96. The van der Waals surface area contributed by atoms with Crippen molar-refractivity contribution >= 4 is 60.5 Å². The molecule has 0 fully saturated rings. The van der Waals surface area contributed by atoms with Crippen molar-refractivity contribution in [3.8, 4) is 0 Å². The zero-order valence-electron chi connectivity index (χ0n) is 18.5. The van der Waals surface area contributed by atoms with E-state index in [1.165, 1.54) is 26.9 Å². The standard InChI is InChI=1S/C32H21NO/c1-2-11-25(12-3-1)33(26-16-14-22-8-4-5-10-24(22)20-26)27-17-19-30-29(21-27)32-28-13-7-6-9-23(28)15-18-31(32)34-30/h1-21H. The molecule has 0 spiro atoms. The lowest BCUT2D eigenvalue weighted by Gasteiger charge is -2.26. The van der Waals surface area contributed by atoms with Crippen molar-refractivity contribution in [2.45, 2.75) is 0 Å². The fourth-order valence-electron chi connectivity index (χ4n) is 5.01. The lowest BCUT2D eigenvalue weighted by atomic mass is 10.0. The van der Waals surface area contributed by atoms with Crippen LogP contribution >= 0.6 is 0 Å². The van der Waals surface area contributed by atoms with E-state index in [2.05, 4.69) is 132 Å². The molecule has 7 aromatic rings. The zero-order chi connectivity index (χ0) is 22.5. The molecule has 2 heteroatoms. The first-order valence-electron chi connectivity index (χ1n) is 11.5. The van der Waals surface area contributed by atoms with Gasteiger partial charge in [-0.25, -0.2) is 0 Å². The van der Waals surface area contributed by atoms with Crippen LogP contribution in [0.1, 0.15) is 0 Å². The van der Waals surface area contributed by atoms with E-state index in [0.29, 0.717) is 0 Å². The smallest absolute Gasteiger partial charge is 0.136 e. The number of hydrogen-bond acceptors (Lipinski definition) is 2. The van der Waals surface area contributed by atoms with Gasteiger partial charge in [0.05, 0.1) is 0 Å². The molecule has 7 rings (SSSR count). The van der Waals surface area contributed by atoms with Crippen molar-refractivity contribution in [2.24, 2.45) is 0 Å². The van der Waals surface area contributed by atoms with Crippen molar-refractivity contribution in [2.75, 3.05) is 4.90 Å². The van der Waals surface area contributed by atoms with Gasteiger partial charge in [-0.05, 0) is 70.1 Å². The van der Waals surface area contributed by atoms with E-state index in [1.54, 1.807) is 0 Å². The summed E-state index contributed by atoms with van der Waals surface area (Å²) in [4.78, 5) is 2.32. The third-order valence-corrected chi connectivity index (χ3v) is 6.61. The van der Waals surface area contributed by atoms with Gasteiger partial charge in [0.15, 0.2) is 0 Å². The maximum atomic E-state index is 6.25. The number of fused-ring (bicyclic) bond motifs is 6. The zero-order valence-corrected chi connectivity index (χ0v) is 18.5. The summed E-state index contributed by atoms with van der Waals surface area (Å²) < 4.78 is 6.25. The van der Waals surface area contributed by atoms with Crippen molar-refractivity contribution in [3.63, 3.8) is 0 Å². The van der Waals surface area contributed by atoms with Crippen molar-refractivity contribution in [3.05, 3.63) is 127 Å². The summed E-state index contributed by atoms with van der Waals surface area (Å²) in [5.41, 5.74) is 5.17. The lowest BCUT2D eigenvalue weighted by molar-refractivity contribution is 0.669. The molecule has 34 heavy (non-hydrogen) atoms. The summed E-state index contributed by atoms with van der Waals surface area (Å²) in [5, 5.41) is 7.20. The van der Waals surface area contributed by atoms with Crippen molar-refractivity contribution < 1.29 is 4.42 Å². The van der Waals surface area contributed by atoms with Gasteiger partial charge >= 0.3 is 0 Å². The maximum Gasteiger partial charge on any atom is 0.136 e. The van der Waals surface area contributed by atoms with Crippen LogP contribution in [0.15, 0.2) is 132 Å². The van der Waals surface area contributed by atoms with E-state index in [1.807, 2.05) is 0 Å². The van der Waals surface area contributed by atoms with E-state index in [4.69, 9.17) is 4.42 Å². The highest BCUT2D eigenvalue weighted by Crippen LogP contribution is 2.40. The molecule has 0 aliphatic carbocycles. The predicted octanol–water partition coefficient (Wildman–Crippen LogP) is 9.36. The Kier molecular flexibility index (Phi) is 4.18. The molecule has 0 unspecified atom stereocenters. The number of nitrogens with zero attached hydrogens (tertiary/aromatic N) is 1. The minimum absolute atomic E-state index is 0.904. The van der Waals surface area contributed by atoms with E-state index in [-0.39, 0.29) is 0 Å². The van der Waals surface area contributed by atoms with Gasteiger partial charge in [-0.1, -0.05) is 78.9 Å². The van der Waals surface area contributed by atoms with Gasteiger partial charge in [-0.2, -0.15) is 0 Å². The Bertz CT molecular complexity index is 1810. The van der Waals surface area contributed by atoms with Gasteiger partial charge in [0.1, 0.15) is 11.2 Å². The first kappa shape index (κ1) is 19.0. The molecular formula is C32H21NO. The number of benzene rings is 6. The van der Waals surface area contributed by atoms with Gasteiger partial charge in [0.25, 0.3) is 0 Å². The van der Waals surface area contributed by atoms with Crippen LogP contribution in [-0.2, 0) is 0 Å². The molecule has 0 aliphatic rings. The Morgan fingerprint density at radius 2 is 1.06 bits per heavy atom. The summed E-state index contributed by atoms with van der Waals surface area (Å²) in [6, 6.07) is 44.9.